The van der Waals surface area contributed by atoms with E-state index in [0.29, 0.717) is 12.0 Å². The van der Waals surface area contributed by atoms with Crippen LogP contribution >= 0.6 is 11.6 Å². The van der Waals surface area contributed by atoms with E-state index < -0.39 is 0 Å². The molecule has 0 heterocycles. The van der Waals surface area contributed by atoms with Gasteiger partial charge in [0.15, 0.2) is 0 Å². The molecule has 0 bridgehead atoms. The Bertz CT molecular complexity index is 222. The molecule has 2 nitrogen and oxygen atoms in total. The minimum Gasteiger partial charge on any atom is -0.352 e. The van der Waals surface area contributed by atoms with Crippen LogP contribution in [0, 0.1) is 5.92 Å². The maximum atomic E-state index is 11.6. The first-order valence-electron chi connectivity index (χ1n) is 6.20. The van der Waals surface area contributed by atoms with E-state index in [1.807, 2.05) is 0 Å². The zero-order chi connectivity index (χ0) is 10.7. The lowest BCUT2D eigenvalue weighted by molar-refractivity contribution is -0.121. The molecule has 2 saturated carbocycles. The van der Waals surface area contributed by atoms with Crippen LogP contribution in [0.5, 0.6) is 0 Å². The van der Waals surface area contributed by atoms with Crippen molar-refractivity contribution >= 4 is 17.5 Å². The van der Waals surface area contributed by atoms with Gasteiger partial charge in [0.05, 0.1) is 0 Å². The number of halogens is 1. The topological polar surface area (TPSA) is 29.1 Å². The number of hydrogen-bond donors (Lipinski definition) is 1. The molecule has 86 valence electrons. The third-order valence-electron chi connectivity index (χ3n) is 3.47. The standard InChI is InChI=1S/C12H20ClNO/c13-11(12(15)14-10-6-7-10)8-9-4-2-1-3-5-9/h9-11H,1-8H2,(H,14,15). The molecule has 0 saturated heterocycles. The molecule has 0 spiro atoms. The summed E-state index contributed by atoms with van der Waals surface area (Å²) in [6.45, 7) is 0. The van der Waals surface area contributed by atoms with Crippen LogP contribution in [0.4, 0.5) is 0 Å². The first-order chi connectivity index (χ1) is 7.25. The predicted octanol–water partition coefficient (Wildman–Crippen LogP) is 2.84. The minimum atomic E-state index is -0.298. The zero-order valence-electron chi connectivity index (χ0n) is 9.18. The quantitative estimate of drug-likeness (QED) is 0.738. The average Bonchev–Trinajstić information content (AvgIpc) is 3.03. The molecular weight excluding hydrogens is 210 g/mol. The Balaban J connectivity index is 1.69. The Morgan fingerprint density at radius 3 is 2.47 bits per heavy atom. The number of rotatable bonds is 4. The number of amides is 1. The highest BCUT2D eigenvalue weighted by Gasteiger charge is 2.28. The molecule has 2 fully saturated rings. The Labute approximate surface area is 96.8 Å². The van der Waals surface area contributed by atoms with Gasteiger partial charge in [-0.2, -0.15) is 0 Å². The van der Waals surface area contributed by atoms with Crippen molar-refractivity contribution in [3.05, 3.63) is 0 Å². The lowest BCUT2D eigenvalue weighted by Gasteiger charge is -2.23. The summed E-state index contributed by atoms with van der Waals surface area (Å²) in [5.41, 5.74) is 0. The molecule has 1 amide bonds. The molecule has 0 aromatic heterocycles. The van der Waals surface area contributed by atoms with Crippen LogP contribution in [0.15, 0.2) is 0 Å². The second kappa shape index (κ2) is 5.20. The summed E-state index contributed by atoms with van der Waals surface area (Å²) in [6, 6.07) is 0.435. The lowest BCUT2D eigenvalue weighted by atomic mass is 9.86. The summed E-state index contributed by atoms with van der Waals surface area (Å²) in [6.07, 6.45) is 9.67. The van der Waals surface area contributed by atoms with E-state index in [1.54, 1.807) is 0 Å². The third-order valence-corrected chi connectivity index (χ3v) is 3.85. The summed E-state index contributed by atoms with van der Waals surface area (Å²) in [7, 11) is 0. The number of hydrogen-bond acceptors (Lipinski definition) is 1. The summed E-state index contributed by atoms with van der Waals surface area (Å²) < 4.78 is 0. The minimum absolute atomic E-state index is 0.0599. The predicted molar refractivity (Wildman–Crippen MR) is 62.0 cm³/mol. The number of alkyl halides is 1. The van der Waals surface area contributed by atoms with Crippen LogP contribution < -0.4 is 5.32 Å². The van der Waals surface area contributed by atoms with Crippen molar-refractivity contribution in [3.8, 4) is 0 Å². The van der Waals surface area contributed by atoms with Crippen molar-refractivity contribution in [2.45, 2.75) is 62.8 Å². The van der Waals surface area contributed by atoms with Crippen LogP contribution in [0.25, 0.3) is 0 Å². The van der Waals surface area contributed by atoms with Crippen molar-refractivity contribution in [2.24, 2.45) is 5.92 Å². The highest BCUT2D eigenvalue weighted by Crippen LogP contribution is 2.29. The van der Waals surface area contributed by atoms with Gasteiger partial charge in [0, 0.05) is 6.04 Å². The maximum Gasteiger partial charge on any atom is 0.238 e. The van der Waals surface area contributed by atoms with Crippen molar-refractivity contribution in [1.29, 1.82) is 0 Å². The van der Waals surface area contributed by atoms with Crippen LogP contribution in [-0.2, 0) is 4.79 Å². The Morgan fingerprint density at radius 2 is 1.87 bits per heavy atom. The van der Waals surface area contributed by atoms with Crippen LogP contribution in [0.1, 0.15) is 51.4 Å². The van der Waals surface area contributed by atoms with Gasteiger partial charge in [0.2, 0.25) is 5.91 Å². The molecule has 1 N–H and O–H groups in total. The maximum absolute atomic E-state index is 11.6. The van der Waals surface area contributed by atoms with E-state index >= 15 is 0 Å². The lowest BCUT2D eigenvalue weighted by Crippen LogP contribution is -2.34. The van der Waals surface area contributed by atoms with E-state index in [1.165, 1.54) is 32.1 Å². The van der Waals surface area contributed by atoms with Gasteiger partial charge >= 0.3 is 0 Å². The van der Waals surface area contributed by atoms with E-state index in [0.717, 1.165) is 19.3 Å². The summed E-state index contributed by atoms with van der Waals surface area (Å²) in [4.78, 5) is 11.6. The molecule has 2 rings (SSSR count). The summed E-state index contributed by atoms with van der Waals surface area (Å²) in [5, 5.41) is 2.67. The van der Waals surface area contributed by atoms with Gasteiger partial charge in [-0.25, -0.2) is 0 Å². The normalized spacial score (nSPS) is 24.9. The second-order valence-electron chi connectivity index (χ2n) is 4.99. The zero-order valence-corrected chi connectivity index (χ0v) is 9.93. The molecule has 2 aliphatic carbocycles. The highest BCUT2D eigenvalue weighted by atomic mass is 35.5. The highest BCUT2D eigenvalue weighted by molar-refractivity contribution is 6.30. The molecular formula is C12H20ClNO. The van der Waals surface area contributed by atoms with Crippen molar-refractivity contribution in [3.63, 3.8) is 0 Å². The second-order valence-corrected chi connectivity index (χ2v) is 5.52. The molecule has 0 aromatic rings. The van der Waals surface area contributed by atoms with E-state index in [4.69, 9.17) is 11.6 Å². The molecule has 1 atom stereocenters. The Hall–Kier alpha value is -0.240. The van der Waals surface area contributed by atoms with Crippen molar-refractivity contribution < 1.29 is 4.79 Å². The molecule has 1 unspecified atom stereocenters. The molecule has 2 aliphatic rings. The molecule has 0 radical (unpaired) electrons. The SMILES string of the molecule is O=C(NC1CC1)C(Cl)CC1CCCCC1. The number of carbonyl (C=O) groups excluding carboxylic acids is 1. The van der Waals surface area contributed by atoms with E-state index in [9.17, 15) is 4.79 Å². The fourth-order valence-electron chi connectivity index (χ4n) is 2.34. The third kappa shape index (κ3) is 3.67. The fraction of sp³-hybridized carbons (Fsp3) is 0.917. The van der Waals surface area contributed by atoms with Crippen LogP contribution in [0.2, 0.25) is 0 Å². The van der Waals surface area contributed by atoms with Crippen molar-refractivity contribution in [2.75, 3.05) is 0 Å². The van der Waals surface area contributed by atoms with E-state index in [-0.39, 0.29) is 11.3 Å². The van der Waals surface area contributed by atoms with Gasteiger partial charge in [0.25, 0.3) is 0 Å². The van der Waals surface area contributed by atoms with Gasteiger partial charge in [-0.15, -0.1) is 11.6 Å². The molecule has 0 aromatic carbocycles. The number of nitrogens with one attached hydrogen (secondary N) is 1. The average molecular weight is 230 g/mol. The Kier molecular flexibility index (Phi) is 3.90. The monoisotopic (exact) mass is 229 g/mol. The Morgan fingerprint density at radius 1 is 1.20 bits per heavy atom. The van der Waals surface area contributed by atoms with Crippen molar-refractivity contribution in [1.82, 2.24) is 5.32 Å². The number of carbonyl (C=O) groups is 1. The van der Waals surface area contributed by atoms with Crippen LogP contribution in [0.3, 0.4) is 0 Å². The molecule has 15 heavy (non-hydrogen) atoms. The van der Waals surface area contributed by atoms with Crippen LogP contribution in [-0.4, -0.2) is 17.3 Å². The first-order valence-corrected chi connectivity index (χ1v) is 6.64. The van der Waals surface area contributed by atoms with Gasteiger partial charge in [-0.3, -0.25) is 4.79 Å². The van der Waals surface area contributed by atoms with Gasteiger partial charge in [-0.05, 0) is 25.2 Å². The van der Waals surface area contributed by atoms with Gasteiger partial charge in [0.1, 0.15) is 5.38 Å². The van der Waals surface area contributed by atoms with Gasteiger partial charge < -0.3 is 5.32 Å². The largest absolute Gasteiger partial charge is 0.352 e. The summed E-state index contributed by atoms with van der Waals surface area (Å²) in [5.74, 6) is 0.746. The van der Waals surface area contributed by atoms with E-state index in [2.05, 4.69) is 5.32 Å². The molecule has 3 heteroatoms. The molecule has 0 aliphatic heterocycles. The summed E-state index contributed by atoms with van der Waals surface area (Å²) >= 11 is 6.12. The first kappa shape index (κ1) is 11.3. The smallest absolute Gasteiger partial charge is 0.238 e. The fourth-order valence-corrected chi connectivity index (χ4v) is 2.66. The van der Waals surface area contributed by atoms with Gasteiger partial charge in [-0.1, -0.05) is 32.1 Å².